The SMILES string of the molecule is C=CC(=O)OCCCOC1CCC(C2CCC(C(=O)Oc3ccc(OC(=O)C4CCC(C5CCC(OCCCOC(=O)C=C)CC5)CC4)c4c3SC(=C3OC(=S)N(c5ccccc5)C3=O)S4)CC2)CC1. The highest BCUT2D eigenvalue weighted by molar-refractivity contribution is 8.24. The van der Waals surface area contributed by atoms with Crippen LogP contribution in [0.25, 0.3) is 0 Å². The van der Waals surface area contributed by atoms with Crippen LogP contribution in [0.3, 0.4) is 0 Å². The maximum Gasteiger partial charge on any atom is 0.330 e. The number of rotatable bonds is 19. The predicted octanol–water partition coefficient (Wildman–Crippen LogP) is 11.2. The van der Waals surface area contributed by atoms with Gasteiger partial charge >= 0.3 is 29.8 Å². The van der Waals surface area contributed by atoms with Crippen molar-refractivity contribution in [3.63, 3.8) is 0 Å². The molecule has 1 saturated heterocycles. The van der Waals surface area contributed by atoms with Gasteiger partial charge in [-0.05, 0) is 163 Å². The van der Waals surface area contributed by atoms with E-state index in [4.69, 9.17) is 45.4 Å². The molecule has 4 aliphatic carbocycles. The van der Waals surface area contributed by atoms with Crippen molar-refractivity contribution >= 4 is 76.4 Å². The van der Waals surface area contributed by atoms with Crippen LogP contribution in [0.1, 0.15) is 116 Å². The molecule has 6 aliphatic rings. The van der Waals surface area contributed by atoms with E-state index in [0.29, 0.717) is 94.2 Å². The van der Waals surface area contributed by atoms with E-state index in [1.807, 2.05) is 18.2 Å². The standard InChI is InChI=1S/C54H65NO12S3/c1-3-45(56)63-32-8-30-61-41-24-20-36(21-25-41)34-12-16-38(17-13-34)51(59)65-43-28-29-44(49-48(43)69-53(70-49)47-50(58)55(54(68)67-47)40-10-6-5-7-11-40)66-52(60)39-18-14-35(15-19-39)37-22-26-42(27-23-37)62-31-9-33-64-46(57)4-2/h3-7,10-11,28-29,34-39,41-42H,1-2,8-9,12-27,30-33H2. The first-order chi connectivity index (χ1) is 34.1. The number of benzene rings is 2. The van der Waals surface area contributed by atoms with Crippen molar-refractivity contribution < 1.29 is 57.1 Å². The number of amides is 1. The van der Waals surface area contributed by atoms with Crippen molar-refractivity contribution in [1.82, 2.24) is 0 Å². The second-order valence-corrected chi connectivity index (χ2v) is 21.9. The van der Waals surface area contributed by atoms with Crippen LogP contribution in [0, 0.1) is 35.5 Å². The van der Waals surface area contributed by atoms with Crippen molar-refractivity contribution in [2.45, 2.75) is 138 Å². The van der Waals surface area contributed by atoms with Gasteiger partial charge in [-0.15, -0.1) is 0 Å². The molecule has 16 heteroatoms. The van der Waals surface area contributed by atoms with E-state index in [2.05, 4.69) is 13.2 Å². The molecular formula is C54H65NO12S3. The Bertz CT molecular complexity index is 2140. The molecule has 376 valence electrons. The number of thioether (sulfide) groups is 2. The Morgan fingerprint density at radius 2 is 1.01 bits per heavy atom. The van der Waals surface area contributed by atoms with Crippen LogP contribution in [-0.2, 0) is 47.7 Å². The largest absolute Gasteiger partial charge is 0.462 e. The third-order valence-electron chi connectivity index (χ3n) is 14.9. The summed E-state index contributed by atoms with van der Waals surface area (Å²) in [7, 11) is 0. The lowest BCUT2D eigenvalue weighted by atomic mass is 9.70. The molecule has 0 radical (unpaired) electrons. The number of thiocarbonyl (C=S) groups is 1. The summed E-state index contributed by atoms with van der Waals surface area (Å²) in [4.78, 5) is 66.9. The number of hydrogen-bond donors (Lipinski definition) is 0. The highest BCUT2D eigenvalue weighted by Gasteiger charge is 2.42. The molecule has 13 nitrogen and oxygen atoms in total. The van der Waals surface area contributed by atoms with E-state index in [0.717, 1.165) is 103 Å². The van der Waals surface area contributed by atoms with E-state index >= 15 is 0 Å². The highest BCUT2D eigenvalue weighted by atomic mass is 32.2. The molecular weight excluding hydrogens is 951 g/mol. The number of ether oxygens (including phenoxy) is 7. The molecule has 70 heavy (non-hydrogen) atoms. The first-order valence-corrected chi connectivity index (χ1v) is 27.3. The van der Waals surface area contributed by atoms with Gasteiger partial charge in [-0.3, -0.25) is 14.4 Å². The summed E-state index contributed by atoms with van der Waals surface area (Å²) in [6.07, 6.45) is 19.4. The van der Waals surface area contributed by atoms with Gasteiger partial charge in [-0.25, -0.2) is 14.5 Å². The Morgan fingerprint density at radius 1 is 0.600 bits per heavy atom. The summed E-state index contributed by atoms with van der Waals surface area (Å²) in [6, 6.07) is 12.5. The molecule has 8 rings (SSSR count). The van der Waals surface area contributed by atoms with Crippen LogP contribution >= 0.6 is 35.7 Å². The van der Waals surface area contributed by atoms with Crippen molar-refractivity contribution in [3.05, 3.63) is 77.8 Å². The fourth-order valence-electron chi connectivity index (χ4n) is 11.0. The summed E-state index contributed by atoms with van der Waals surface area (Å²) < 4.78 is 41.2. The van der Waals surface area contributed by atoms with E-state index in [-0.39, 0.29) is 46.9 Å². The predicted molar refractivity (Wildman–Crippen MR) is 270 cm³/mol. The van der Waals surface area contributed by atoms with Gasteiger partial charge in [0.25, 0.3) is 5.17 Å². The quantitative estimate of drug-likeness (QED) is 0.0431. The Hall–Kier alpha value is -4.48. The maximum absolute atomic E-state index is 13.9. The van der Waals surface area contributed by atoms with E-state index in [9.17, 15) is 24.0 Å². The van der Waals surface area contributed by atoms with Gasteiger partial charge in [0.1, 0.15) is 11.5 Å². The Labute approximate surface area is 425 Å². The average molecular weight is 1020 g/mol. The second kappa shape index (κ2) is 25.3. The van der Waals surface area contributed by atoms with Crippen molar-refractivity contribution in [2.75, 3.05) is 31.3 Å². The third-order valence-corrected chi connectivity index (χ3v) is 17.8. The number of carbonyl (C=O) groups is 5. The van der Waals surface area contributed by atoms with Crippen LogP contribution in [0.15, 0.2) is 87.6 Å². The van der Waals surface area contributed by atoms with Gasteiger partial charge < -0.3 is 33.2 Å². The summed E-state index contributed by atoms with van der Waals surface area (Å²) in [6.45, 7) is 8.63. The number of carbonyl (C=O) groups excluding carboxylic acids is 5. The highest BCUT2D eigenvalue weighted by Crippen LogP contribution is 2.60. The lowest BCUT2D eigenvalue weighted by Crippen LogP contribution is -2.31. The fraction of sp³-hybridized carbons (Fsp3) is 0.556. The summed E-state index contributed by atoms with van der Waals surface area (Å²) in [5.74, 6) is 0.858. The Morgan fingerprint density at radius 3 is 1.43 bits per heavy atom. The summed E-state index contributed by atoms with van der Waals surface area (Å²) in [5, 5.41) is 0.0181. The summed E-state index contributed by atoms with van der Waals surface area (Å²) >= 11 is 8.06. The van der Waals surface area contributed by atoms with Gasteiger partial charge in [0.15, 0.2) is 0 Å². The Balaban J connectivity index is 0.856. The number of hydrogen-bond acceptors (Lipinski definition) is 15. The third kappa shape index (κ3) is 13.3. The lowest BCUT2D eigenvalue weighted by molar-refractivity contribution is -0.142. The van der Waals surface area contributed by atoms with Crippen LogP contribution < -0.4 is 14.4 Å². The molecule has 0 N–H and O–H groups in total. The number of para-hydroxylation sites is 1. The van der Waals surface area contributed by atoms with Crippen LogP contribution in [0.5, 0.6) is 11.5 Å². The summed E-state index contributed by atoms with van der Waals surface area (Å²) in [5.41, 5.74) is 0.588. The minimum absolute atomic E-state index is 0.0181. The van der Waals surface area contributed by atoms with Gasteiger partial charge in [0.05, 0.1) is 70.2 Å². The van der Waals surface area contributed by atoms with Crippen LogP contribution in [0.4, 0.5) is 5.69 Å². The van der Waals surface area contributed by atoms with Crippen LogP contribution in [-0.4, -0.2) is 73.6 Å². The number of fused-ring (bicyclic) bond motifs is 1. The Kier molecular flexibility index (Phi) is 18.7. The zero-order valence-electron chi connectivity index (χ0n) is 39.9. The van der Waals surface area contributed by atoms with Gasteiger partial charge in [-0.2, -0.15) is 0 Å². The molecule has 1 amide bonds. The smallest absolute Gasteiger partial charge is 0.330 e. The monoisotopic (exact) mass is 1020 g/mol. The molecule has 2 aliphatic heterocycles. The molecule has 0 aromatic heterocycles. The first kappa shape index (κ1) is 51.9. The normalized spacial score (nSPS) is 26.7. The van der Waals surface area contributed by atoms with Crippen LogP contribution in [0.2, 0.25) is 0 Å². The van der Waals surface area contributed by atoms with Gasteiger partial charge in [0, 0.05) is 25.0 Å². The number of nitrogens with zero attached hydrogens (tertiary/aromatic N) is 1. The minimum atomic E-state index is -0.413. The van der Waals surface area contributed by atoms with Crippen molar-refractivity contribution in [3.8, 4) is 11.5 Å². The molecule has 5 fully saturated rings. The topological polar surface area (TPSA) is 153 Å². The molecule has 0 atom stereocenters. The molecule has 0 spiro atoms. The maximum atomic E-state index is 13.9. The molecule has 0 unspecified atom stereocenters. The zero-order chi connectivity index (χ0) is 49.0. The average Bonchev–Trinajstić information content (AvgIpc) is 3.98. The fourth-order valence-corrected chi connectivity index (χ4v) is 13.8. The van der Waals surface area contributed by atoms with Gasteiger partial charge in [-0.1, -0.05) is 54.9 Å². The van der Waals surface area contributed by atoms with Crippen molar-refractivity contribution in [1.29, 1.82) is 0 Å². The number of anilines is 1. The zero-order valence-corrected chi connectivity index (χ0v) is 42.3. The second-order valence-electron chi connectivity index (χ2n) is 19.2. The molecule has 2 heterocycles. The first-order valence-electron chi connectivity index (χ1n) is 25.2. The molecule has 0 bridgehead atoms. The van der Waals surface area contributed by atoms with Crippen molar-refractivity contribution in [2.24, 2.45) is 35.5 Å². The lowest BCUT2D eigenvalue weighted by Gasteiger charge is -2.37. The molecule has 4 saturated carbocycles. The van der Waals surface area contributed by atoms with E-state index in [1.54, 1.807) is 24.3 Å². The van der Waals surface area contributed by atoms with E-state index < -0.39 is 17.8 Å². The number of esters is 4. The minimum Gasteiger partial charge on any atom is -0.462 e. The van der Waals surface area contributed by atoms with E-state index in [1.165, 1.54) is 40.6 Å². The molecule has 2 aromatic rings. The molecule has 2 aromatic carbocycles. The van der Waals surface area contributed by atoms with Gasteiger partial charge in [0.2, 0.25) is 5.76 Å².